The zero-order valence-corrected chi connectivity index (χ0v) is 9.45. The molecule has 0 amide bonds. The molecule has 0 saturated heterocycles. The minimum absolute atomic E-state index is 0.0660. The van der Waals surface area contributed by atoms with E-state index >= 15 is 0 Å². The van der Waals surface area contributed by atoms with Gasteiger partial charge in [0.2, 0.25) is 0 Å². The lowest BCUT2D eigenvalue weighted by Crippen LogP contribution is -2.28. The Morgan fingerprint density at radius 3 is 2.73 bits per heavy atom. The average Bonchev–Trinajstić information content (AvgIpc) is 2.51. The fourth-order valence-corrected chi connectivity index (χ4v) is 3.83. The van der Waals surface area contributed by atoms with Gasteiger partial charge in [0.05, 0.1) is 0 Å². The van der Waals surface area contributed by atoms with Gasteiger partial charge in [0.15, 0.2) is 0 Å². The molecule has 2 aliphatic rings. The van der Waals surface area contributed by atoms with Crippen LogP contribution in [0.25, 0.3) is 0 Å². The van der Waals surface area contributed by atoms with E-state index in [0.717, 1.165) is 37.8 Å². The van der Waals surface area contributed by atoms with Crippen LogP contribution in [-0.4, -0.2) is 12.6 Å². The molecule has 2 aliphatic carbocycles. The molecule has 2 bridgehead atoms. The van der Waals surface area contributed by atoms with Crippen molar-refractivity contribution in [1.29, 1.82) is 0 Å². The van der Waals surface area contributed by atoms with Crippen molar-refractivity contribution < 1.29 is 9.59 Å². The SMILES string of the molecule is CC1(C=O)CC2CC(CCC=O)C(C2)C1. The average molecular weight is 208 g/mol. The Kier molecular flexibility index (Phi) is 2.94. The molecule has 0 aromatic rings. The number of fused-ring (bicyclic) bond motifs is 2. The van der Waals surface area contributed by atoms with Crippen molar-refractivity contribution in [3.63, 3.8) is 0 Å². The zero-order chi connectivity index (χ0) is 10.9. The third-order valence-electron chi connectivity index (χ3n) is 4.36. The Hall–Kier alpha value is -0.660. The topological polar surface area (TPSA) is 34.1 Å². The summed E-state index contributed by atoms with van der Waals surface area (Å²) in [4.78, 5) is 21.4. The highest BCUT2D eigenvalue weighted by Crippen LogP contribution is 2.53. The first-order valence-corrected chi connectivity index (χ1v) is 6.07. The second-order valence-electron chi connectivity index (χ2n) is 5.78. The number of carbonyl (C=O) groups is 2. The Balaban J connectivity index is 1.99. The molecule has 2 heteroatoms. The monoisotopic (exact) mass is 208 g/mol. The van der Waals surface area contributed by atoms with Crippen LogP contribution in [0.2, 0.25) is 0 Å². The van der Waals surface area contributed by atoms with Gasteiger partial charge >= 0.3 is 0 Å². The fourth-order valence-electron chi connectivity index (χ4n) is 3.83. The van der Waals surface area contributed by atoms with E-state index in [1.165, 1.54) is 12.8 Å². The van der Waals surface area contributed by atoms with E-state index in [1.54, 1.807) is 0 Å². The van der Waals surface area contributed by atoms with Crippen molar-refractivity contribution in [1.82, 2.24) is 0 Å². The van der Waals surface area contributed by atoms with E-state index in [0.29, 0.717) is 18.3 Å². The van der Waals surface area contributed by atoms with Gasteiger partial charge < -0.3 is 9.59 Å². The second-order valence-corrected chi connectivity index (χ2v) is 5.78. The van der Waals surface area contributed by atoms with Crippen molar-refractivity contribution in [2.45, 2.75) is 45.4 Å². The van der Waals surface area contributed by atoms with Crippen molar-refractivity contribution in [2.75, 3.05) is 0 Å². The molecule has 0 heterocycles. The summed E-state index contributed by atoms with van der Waals surface area (Å²) in [5, 5.41) is 0. The Morgan fingerprint density at radius 2 is 2.07 bits per heavy atom. The van der Waals surface area contributed by atoms with Crippen molar-refractivity contribution in [3.05, 3.63) is 0 Å². The molecule has 0 aromatic carbocycles. The molecule has 4 unspecified atom stereocenters. The molecule has 0 aromatic heterocycles. The minimum atomic E-state index is -0.0660. The standard InChI is InChI=1S/C13H20O2/c1-13(9-15)7-10-5-11(3-2-4-14)12(6-10)8-13/h4,9-12H,2-3,5-8H2,1H3. The van der Waals surface area contributed by atoms with Gasteiger partial charge in [-0.15, -0.1) is 0 Å². The Labute approximate surface area is 91.4 Å². The van der Waals surface area contributed by atoms with E-state index in [9.17, 15) is 9.59 Å². The third kappa shape index (κ3) is 2.14. The lowest BCUT2D eigenvalue weighted by Gasteiger charge is -2.33. The molecule has 4 atom stereocenters. The predicted molar refractivity (Wildman–Crippen MR) is 58.4 cm³/mol. The van der Waals surface area contributed by atoms with E-state index in [4.69, 9.17) is 0 Å². The molecule has 0 spiro atoms. The highest BCUT2D eigenvalue weighted by atomic mass is 16.1. The van der Waals surface area contributed by atoms with Gasteiger partial charge in [0.1, 0.15) is 12.6 Å². The summed E-state index contributed by atoms with van der Waals surface area (Å²) in [6, 6.07) is 0. The minimum Gasteiger partial charge on any atom is -0.303 e. The number of aldehydes is 2. The van der Waals surface area contributed by atoms with E-state index in [1.807, 2.05) is 0 Å². The van der Waals surface area contributed by atoms with Crippen LogP contribution in [-0.2, 0) is 9.59 Å². The van der Waals surface area contributed by atoms with Crippen LogP contribution in [0.5, 0.6) is 0 Å². The van der Waals surface area contributed by atoms with E-state index in [2.05, 4.69) is 6.92 Å². The Morgan fingerprint density at radius 1 is 1.27 bits per heavy atom. The van der Waals surface area contributed by atoms with Crippen LogP contribution in [0.3, 0.4) is 0 Å². The van der Waals surface area contributed by atoms with Crippen molar-refractivity contribution in [2.24, 2.45) is 23.2 Å². The summed E-state index contributed by atoms with van der Waals surface area (Å²) in [6.45, 7) is 2.10. The maximum Gasteiger partial charge on any atom is 0.125 e. The molecular formula is C13H20O2. The van der Waals surface area contributed by atoms with Crippen molar-refractivity contribution in [3.8, 4) is 0 Å². The van der Waals surface area contributed by atoms with Gasteiger partial charge in [-0.2, -0.15) is 0 Å². The fraction of sp³-hybridized carbons (Fsp3) is 0.846. The quantitative estimate of drug-likeness (QED) is 0.665. The molecule has 2 saturated carbocycles. The van der Waals surface area contributed by atoms with Crippen LogP contribution in [0, 0.1) is 23.2 Å². The first-order chi connectivity index (χ1) is 7.17. The number of hydrogen-bond donors (Lipinski definition) is 0. The van der Waals surface area contributed by atoms with Gasteiger partial charge in [-0.25, -0.2) is 0 Å². The summed E-state index contributed by atoms with van der Waals surface area (Å²) in [5.41, 5.74) is -0.0660. The van der Waals surface area contributed by atoms with Gasteiger partial charge in [0.25, 0.3) is 0 Å². The summed E-state index contributed by atoms with van der Waals surface area (Å²) in [7, 11) is 0. The lowest BCUT2D eigenvalue weighted by atomic mass is 9.70. The Bertz CT molecular complexity index is 261. The maximum atomic E-state index is 11.1. The van der Waals surface area contributed by atoms with Crippen molar-refractivity contribution >= 4 is 12.6 Å². The zero-order valence-electron chi connectivity index (χ0n) is 9.45. The van der Waals surface area contributed by atoms with Gasteiger partial charge in [-0.05, 0) is 49.9 Å². The molecular weight excluding hydrogens is 188 g/mol. The molecule has 15 heavy (non-hydrogen) atoms. The summed E-state index contributed by atoms with van der Waals surface area (Å²) in [5.74, 6) is 2.16. The number of rotatable bonds is 4. The van der Waals surface area contributed by atoms with Crippen LogP contribution in [0.4, 0.5) is 0 Å². The molecule has 0 radical (unpaired) electrons. The lowest BCUT2D eigenvalue weighted by molar-refractivity contribution is -0.118. The highest BCUT2D eigenvalue weighted by molar-refractivity contribution is 5.59. The first kappa shape index (κ1) is 10.8. The predicted octanol–water partition coefficient (Wildman–Crippen LogP) is 2.61. The second kappa shape index (κ2) is 4.07. The highest BCUT2D eigenvalue weighted by Gasteiger charge is 2.45. The van der Waals surface area contributed by atoms with Crippen LogP contribution >= 0.6 is 0 Å². The molecule has 0 N–H and O–H groups in total. The van der Waals surface area contributed by atoms with E-state index in [-0.39, 0.29) is 5.41 Å². The molecule has 84 valence electrons. The third-order valence-corrected chi connectivity index (χ3v) is 4.36. The van der Waals surface area contributed by atoms with Crippen LogP contribution < -0.4 is 0 Å². The van der Waals surface area contributed by atoms with Crippen LogP contribution in [0.1, 0.15) is 45.4 Å². The summed E-state index contributed by atoms with van der Waals surface area (Å²) >= 11 is 0. The van der Waals surface area contributed by atoms with Gasteiger partial charge in [0, 0.05) is 11.8 Å². The first-order valence-electron chi connectivity index (χ1n) is 6.07. The summed E-state index contributed by atoms with van der Waals surface area (Å²) in [6.07, 6.45) is 8.61. The number of hydrogen-bond acceptors (Lipinski definition) is 2. The number of carbonyl (C=O) groups excluding carboxylic acids is 2. The smallest absolute Gasteiger partial charge is 0.125 e. The molecule has 2 fully saturated rings. The summed E-state index contributed by atoms with van der Waals surface area (Å²) < 4.78 is 0. The van der Waals surface area contributed by atoms with E-state index < -0.39 is 0 Å². The van der Waals surface area contributed by atoms with Crippen LogP contribution in [0.15, 0.2) is 0 Å². The molecule has 2 nitrogen and oxygen atoms in total. The molecule has 0 aliphatic heterocycles. The largest absolute Gasteiger partial charge is 0.303 e. The molecule has 2 rings (SSSR count). The van der Waals surface area contributed by atoms with Gasteiger partial charge in [-0.3, -0.25) is 0 Å². The van der Waals surface area contributed by atoms with Gasteiger partial charge in [-0.1, -0.05) is 6.92 Å². The normalized spacial score (nSPS) is 43.9. The maximum absolute atomic E-state index is 11.1.